The van der Waals surface area contributed by atoms with Gasteiger partial charge in [0.1, 0.15) is 0 Å². The molecule has 0 aromatic carbocycles. The van der Waals surface area contributed by atoms with Gasteiger partial charge in [-0.2, -0.15) is 0 Å². The van der Waals surface area contributed by atoms with E-state index in [1.807, 2.05) is 0 Å². The summed E-state index contributed by atoms with van der Waals surface area (Å²) in [5, 5.41) is 0. The fourth-order valence-corrected chi connectivity index (χ4v) is 1.61. The number of halogens is 3. The monoisotopic (exact) mass is 237 g/mol. The van der Waals surface area contributed by atoms with Crippen molar-refractivity contribution in [2.45, 2.75) is 13.3 Å². The van der Waals surface area contributed by atoms with Crippen LogP contribution in [-0.4, -0.2) is 4.98 Å². The van der Waals surface area contributed by atoms with Crippen LogP contribution >= 0.6 is 15.9 Å². The van der Waals surface area contributed by atoms with Crippen LogP contribution in [0.1, 0.15) is 17.7 Å². The summed E-state index contributed by atoms with van der Waals surface area (Å²) in [5.41, 5.74) is -0.345. The number of nitrogens with one attached hydrogen (secondary N) is 1. The standard InChI is InChI=1S/C7H6BrF2NO/c1-3-6(7(9)10)4(8)2-5(12)11-3/h2,7H,1H3,(H,11,12). The van der Waals surface area contributed by atoms with Crippen LogP contribution in [0.2, 0.25) is 0 Å². The summed E-state index contributed by atoms with van der Waals surface area (Å²) in [6, 6.07) is 1.09. The lowest BCUT2D eigenvalue weighted by Gasteiger charge is -2.05. The molecule has 0 unspecified atom stereocenters. The number of aromatic nitrogens is 1. The molecule has 1 aromatic heterocycles. The Balaban J connectivity index is 3.38. The van der Waals surface area contributed by atoms with Gasteiger partial charge in [-0.15, -0.1) is 0 Å². The van der Waals surface area contributed by atoms with E-state index in [0.717, 1.165) is 6.07 Å². The molecule has 1 aromatic rings. The summed E-state index contributed by atoms with van der Waals surface area (Å²) in [7, 11) is 0. The molecule has 0 amide bonds. The quantitative estimate of drug-likeness (QED) is 0.800. The van der Waals surface area contributed by atoms with Gasteiger partial charge in [-0.05, 0) is 6.92 Å². The lowest BCUT2D eigenvalue weighted by atomic mass is 10.2. The molecule has 1 rings (SSSR count). The number of alkyl halides is 2. The van der Waals surface area contributed by atoms with Gasteiger partial charge in [0.2, 0.25) is 5.56 Å². The Labute approximate surface area is 75.7 Å². The Hall–Kier alpha value is -0.710. The van der Waals surface area contributed by atoms with Crippen molar-refractivity contribution in [3.8, 4) is 0 Å². The lowest BCUT2D eigenvalue weighted by Crippen LogP contribution is -2.09. The van der Waals surface area contributed by atoms with Crippen molar-refractivity contribution < 1.29 is 8.78 Å². The Bertz CT molecular complexity index is 321. The van der Waals surface area contributed by atoms with Crippen molar-refractivity contribution in [2.24, 2.45) is 0 Å². The zero-order chi connectivity index (χ0) is 9.30. The topological polar surface area (TPSA) is 32.9 Å². The first kappa shape index (κ1) is 9.38. The number of H-pyrrole nitrogens is 1. The van der Waals surface area contributed by atoms with E-state index in [2.05, 4.69) is 20.9 Å². The third-order valence-electron chi connectivity index (χ3n) is 1.45. The number of rotatable bonds is 1. The van der Waals surface area contributed by atoms with Crippen LogP contribution in [0.25, 0.3) is 0 Å². The second kappa shape index (κ2) is 3.35. The molecule has 0 saturated heterocycles. The number of hydrogen-bond donors (Lipinski definition) is 1. The van der Waals surface area contributed by atoms with Gasteiger partial charge in [0.15, 0.2) is 0 Å². The number of aryl methyl sites for hydroxylation is 1. The van der Waals surface area contributed by atoms with Crippen molar-refractivity contribution in [3.05, 3.63) is 32.2 Å². The molecule has 0 fully saturated rings. The Kier molecular flexibility index (Phi) is 2.62. The van der Waals surface area contributed by atoms with Gasteiger partial charge < -0.3 is 4.98 Å². The summed E-state index contributed by atoms with van der Waals surface area (Å²) < 4.78 is 24.7. The lowest BCUT2D eigenvalue weighted by molar-refractivity contribution is 0.149. The first-order chi connectivity index (χ1) is 5.52. The summed E-state index contributed by atoms with van der Waals surface area (Å²) >= 11 is 2.90. The van der Waals surface area contributed by atoms with Crippen LogP contribution in [0, 0.1) is 6.92 Å². The van der Waals surface area contributed by atoms with Crippen LogP contribution in [0.4, 0.5) is 8.78 Å². The Morgan fingerprint density at radius 2 is 2.17 bits per heavy atom. The number of pyridine rings is 1. The summed E-state index contributed by atoms with van der Waals surface area (Å²) in [5.74, 6) is 0. The highest BCUT2D eigenvalue weighted by atomic mass is 79.9. The van der Waals surface area contributed by atoms with Gasteiger partial charge in [-0.3, -0.25) is 4.79 Å². The smallest absolute Gasteiger partial charge is 0.266 e. The fourth-order valence-electron chi connectivity index (χ4n) is 0.928. The van der Waals surface area contributed by atoms with Gasteiger partial charge in [0.05, 0.1) is 5.56 Å². The molecule has 2 nitrogen and oxygen atoms in total. The molecule has 66 valence electrons. The van der Waals surface area contributed by atoms with E-state index < -0.39 is 6.43 Å². The second-order valence-electron chi connectivity index (χ2n) is 2.32. The van der Waals surface area contributed by atoms with Crippen molar-refractivity contribution in [2.75, 3.05) is 0 Å². The SMILES string of the molecule is Cc1[nH]c(=O)cc(Br)c1C(F)F. The van der Waals surface area contributed by atoms with Crippen molar-refractivity contribution in [3.63, 3.8) is 0 Å². The molecule has 1 N–H and O–H groups in total. The van der Waals surface area contributed by atoms with Crippen molar-refractivity contribution >= 4 is 15.9 Å². The molecule has 0 aliphatic carbocycles. The molecule has 0 atom stereocenters. The Morgan fingerprint density at radius 3 is 2.58 bits per heavy atom. The van der Waals surface area contributed by atoms with Gasteiger partial charge in [-0.25, -0.2) is 8.78 Å². The molecule has 0 spiro atoms. The average Bonchev–Trinajstić information content (AvgIpc) is 1.82. The number of hydrogen-bond acceptors (Lipinski definition) is 1. The maximum absolute atomic E-state index is 12.3. The molecule has 0 saturated carbocycles. The first-order valence-electron chi connectivity index (χ1n) is 3.20. The molecular formula is C7H6BrF2NO. The number of aromatic amines is 1. The van der Waals surface area contributed by atoms with E-state index >= 15 is 0 Å². The van der Waals surface area contributed by atoms with Gasteiger partial charge in [-0.1, -0.05) is 15.9 Å². The fraction of sp³-hybridized carbons (Fsp3) is 0.286. The molecule has 0 radical (unpaired) electrons. The predicted molar refractivity (Wildman–Crippen MR) is 44.5 cm³/mol. The summed E-state index contributed by atoms with van der Waals surface area (Å²) in [6.45, 7) is 1.44. The van der Waals surface area contributed by atoms with Crippen LogP contribution < -0.4 is 5.56 Å². The van der Waals surface area contributed by atoms with E-state index in [0.29, 0.717) is 0 Å². The second-order valence-corrected chi connectivity index (χ2v) is 3.18. The molecule has 1 heterocycles. The zero-order valence-corrected chi connectivity index (χ0v) is 7.78. The van der Waals surface area contributed by atoms with Gasteiger partial charge in [0.25, 0.3) is 6.43 Å². The zero-order valence-electron chi connectivity index (χ0n) is 6.20. The van der Waals surface area contributed by atoms with Crippen LogP contribution in [0.15, 0.2) is 15.3 Å². The van der Waals surface area contributed by atoms with E-state index in [9.17, 15) is 13.6 Å². The van der Waals surface area contributed by atoms with E-state index in [-0.39, 0.29) is 21.3 Å². The molecule has 12 heavy (non-hydrogen) atoms. The Morgan fingerprint density at radius 1 is 1.58 bits per heavy atom. The maximum Gasteiger partial charge on any atom is 0.266 e. The summed E-state index contributed by atoms with van der Waals surface area (Å²) in [4.78, 5) is 13.1. The maximum atomic E-state index is 12.3. The third-order valence-corrected chi connectivity index (χ3v) is 2.10. The first-order valence-corrected chi connectivity index (χ1v) is 3.99. The van der Waals surface area contributed by atoms with Crippen LogP contribution in [0.3, 0.4) is 0 Å². The largest absolute Gasteiger partial charge is 0.326 e. The minimum absolute atomic E-state index is 0.152. The minimum atomic E-state index is -2.57. The van der Waals surface area contributed by atoms with E-state index in [4.69, 9.17) is 0 Å². The van der Waals surface area contributed by atoms with Gasteiger partial charge >= 0.3 is 0 Å². The molecule has 0 aliphatic heterocycles. The minimum Gasteiger partial charge on any atom is -0.326 e. The highest BCUT2D eigenvalue weighted by Crippen LogP contribution is 2.27. The molecule has 0 bridgehead atoms. The van der Waals surface area contributed by atoms with Gasteiger partial charge in [0, 0.05) is 16.2 Å². The third kappa shape index (κ3) is 1.72. The summed E-state index contributed by atoms with van der Waals surface area (Å²) in [6.07, 6.45) is -2.57. The predicted octanol–water partition coefficient (Wildman–Crippen LogP) is 2.38. The van der Waals surface area contributed by atoms with E-state index in [1.165, 1.54) is 6.92 Å². The van der Waals surface area contributed by atoms with E-state index in [1.54, 1.807) is 0 Å². The molecular weight excluding hydrogens is 232 g/mol. The van der Waals surface area contributed by atoms with Crippen molar-refractivity contribution in [1.29, 1.82) is 0 Å². The highest BCUT2D eigenvalue weighted by molar-refractivity contribution is 9.10. The molecule has 5 heteroatoms. The van der Waals surface area contributed by atoms with Crippen LogP contribution in [-0.2, 0) is 0 Å². The molecule has 0 aliphatic rings. The van der Waals surface area contributed by atoms with Crippen LogP contribution in [0.5, 0.6) is 0 Å². The van der Waals surface area contributed by atoms with Crippen molar-refractivity contribution in [1.82, 2.24) is 4.98 Å². The average molecular weight is 238 g/mol. The normalized spacial score (nSPS) is 10.8. The highest BCUT2D eigenvalue weighted by Gasteiger charge is 2.15.